The molecule has 0 amide bonds. The van der Waals surface area contributed by atoms with E-state index in [1.54, 1.807) is 5.57 Å². The van der Waals surface area contributed by atoms with Crippen molar-refractivity contribution in [2.24, 2.45) is 5.92 Å². The average Bonchev–Trinajstić information content (AvgIpc) is 2.34. The highest BCUT2D eigenvalue weighted by Gasteiger charge is 2.15. The molecule has 0 aliphatic heterocycles. The van der Waals surface area contributed by atoms with Crippen molar-refractivity contribution in [1.29, 1.82) is 0 Å². The molecule has 0 saturated carbocycles. The van der Waals surface area contributed by atoms with Crippen LogP contribution in [0.2, 0.25) is 0 Å². The van der Waals surface area contributed by atoms with E-state index in [9.17, 15) is 0 Å². The Morgan fingerprint density at radius 2 is 2.12 bits per heavy atom. The summed E-state index contributed by atoms with van der Waals surface area (Å²) in [5.74, 6) is 3.36. The molecule has 0 radical (unpaired) electrons. The van der Waals surface area contributed by atoms with Crippen molar-refractivity contribution in [1.82, 2.24) is 5.32 Å². The number of nitrogens with one attached hydrogen (secondary N) is 1. The lowest BCUT2D eigenvalue weighted by molar-refractivity contribution is 0.562. The van der Waals surface area contributed by atoms with Gasteiger partial charge in [0.2, 0.25) is 0 Å². The SMILES string of the molecule is CCCNC(CSCC(C)C)C1=CCCCC1. The van der Waals surface area contributed by atoms with Crippen LogP contribution in [0, 0.1) is 5.92 Å². The normalized spacial score (nSPS) is 18.2. The monoisotopic (exact) mass is 255 g/mol. The molecule has 0 heterocycles. The van der Waals surface area contributed by atoms with E-state index in [4.69, 9.17) is 0 Å². The minimum absolute atomic E-state index is 0.638. The first-order valence-corrected chi connectivity index (χ1v) is 8.39. The highest BCUT2D eigenvalue weighted by atomic mass is 32.2. The third kappa shape index (κ3) is 6.52. The maximum Gasteiger partial charge on any atom is 0.0370 e. The van der Waals surface area contributed by atoms with Gasteiger partial charge in [-0.25, -0.2) is 0 Å². The van der Waals surface area contributed by atoms with Crippen LogP contribution in [0.3, 0.4) is 0 Å². The number of rotatable bonds is 8. The number of thioether (sulfide) groups is 1. The van der Waals surface area contributed by atoms with E-state index in [2.05, 4.69) is 43.9 Å². The van der Waals surface area contributed by atoms with Gasteiger partial charge in [0.1, 0.15) is 0 Å². The van der Waals surface area contributed by atoms with Gasteiger partial charge in [-0.05, 0) is 50.3 Å². The Kier molecular flexibility index (Phi) is 8.04. The zero-order valence-corrected chi connectivity index (χ0v) is 12.6. The second kappa shape index (κ2) is 9.04. The van der Waals surface area contributed by atoms with Crippen molar-refractivity contribution in [2.45, 2.75) is 58.9 Å². The van der Waals surface area contributed by atoms with Gasteiger partial charge in [0.25, 0.3) is 0 Å². The van der Waals surface area contributed by atoms with Gasteiger partial charge >= 0.3 is 0 Å². The Hall–Kier alpha value is 0.0500. The van der Waals surface area contributed by atoms with Crippen molar-refractivity contribution in [3.8, 4) is 0 Å². The largest absolute Gasteiger partial charge is 0.310 e. The van der Waals surface area contributed by atoms with Crippen LogP contribution in [-0.4, -0.2) is 24.1 Å². The lowest BCUT2D eigenvalue weighted by Crippen LogP contribution is -2.34. The number of hydrogen-bond donors (Lipinski definition) is 1. The average molecular weight is 255 g/mol. The Morgan fingerprint density at radius 1 is 1.29 bits per heavy atom. The summed E-state index contributed by atoms with van der Waals surface area (Å²) < 4.78 is 0. The summed E-state index contributed by atoms with van der Waals surface area (Å²) in [6.45, 7) is 8.02. The first kappa shape index (κ1) is 15.1. The smallest absolute Gasteiger partial charge is 0.0370 e. The van der Waals surface area contributed by atoms with Crippen molar-refractivity contribution < 1.29 is 0 Å². The summed E-state index contributed by atoms with van der Waals surface area (Å²) in [7, 11) is 0. The van der Waals surface area contributed by atoms with Gasteiger partial charge in [-0.3, -0.25) is 0 Å². The van der Waals surface area contributed by atoms with Crippen molar-refractivity contribution in [3.05, 3.63) is 11.6 Å². The molecule has 0 aromatic heterocycles. The molecule has 0 aromatic carbocycles. The van der Waals surface area contributed by atoms with Crippen LogP contribution in [0.25, 0.3) is 0 Å². The molecule has 1 N–H and O–H groups in total. The lowest BCUT2D eigenvalue weighted by atomic mass is 9.94. The molecule has 17 heavy (non-hydrogen) atoms. The Morgan fingerprint density at radius 3 is 2.71 bits per heavy atom. The van der Waals surface area contributed by atoms with Gasteiger partial charge in [0, 0.05) is 11.8 Å². The van der Waals surface area contributed by atoms with Gasteiger partial charge in [-0.1, -0.05) is 32.4 Å². The minimum atomic E-state index is 0.638. The second-order valence-electron chi connectivity index (χ2n) is 5.46. The minimum Gasteiger partial charge on any atom is -0.310 e. The van der Waals surface area contributed by atoms with E-state index >= 15 is 0 Å². The van der Waals surface area contributed by atoms with Gasteiger partial charge in [-0.2, -0.15) is 11.8 Å². The van der Waals surface area contributed by atoms with Crippen molar-refractivity contribution in [2.75, 3.05) is 18.1 Å². The Bertz CT molecular complexity index is 223. The molecule has 0 bridgehead atoms. The fraction of sp³-hybridized carbons (Fsp3) is 0.867. The molecule has 1 unspecified atom stereocenters. The number of hydrogen-bond acceptors (Lipinski definition) is 2. The topological polar surface area (TPSA) is 12.0 Å². The molecular formula is C15H29NS. The molecule has 1 rings (SSSR count). The summed E-state index contributed by atoms with van der Waals surface area (Å²) in [5, 5.41) is 3.72. The maximum atomic E-state index is 3.72. The lowest BCUT2D eigenvalue weighted by Gasteiger charge is -2.24. The third-order valence-electron chi connectivity index (χ3n) is 3.15. The standard InChI is InChI=1S/C15H29NS/c1-4-10-16-15(12-17-11-13(2)3)14-8-6-5-7-9-14/h8,13,15-16H,4-7,9-12H2,1-3H3. The van der Waals surface area contributed by atoms with E-state index in [0.29, 0.717) is 6.04 Å². The van der Waals surface area contributed by atoms with Crippen LogP contribution in [0.4, 0.5) is 0 Å². The predicted molar refractivity (Wildman–Crippen MR) is 80.8 cm³/mol. The predicted octanol–water partition coefficient (Wildman–Crippen LogP) is 4.24. The summed E-state index contributed by atoms with van der Waals surface area (Å²) in [5.41, 5.74) is 1.68. The number of allylic oxidation sites excluding steroid dienone is 1. The molecule has 0 aromatic rings. The fourth-order valence-corrected chi connectivity index (χ4v) is 3.39. The second-order valence-corrected chi connectivity index (χ2v) is 6.54. The molecule has 0 fully saturated rings. The van der Waals surface area contributed by atoms with Gasteiger partial charge in [0.05, 0.1) is 0 Å². The summed E-state index contributed by atoms with van der Waals surface area (Å²) in [6.07, 6.45) is 9.14. The van der Waals surface area contributed by atoms with Crippen LogP contribution < -0.4 is 5.32 Å². The molecule has 2 heteroatoms. The molecule has 0 spiro atoms. The van der Waals surface area contributed by atoms with E-state index in [1.165, 1.54) is 43.6 Å². The molecule has 0 saturated heterocycles. The molecular weight excluding hydrogens is 226 g/mol. The highest BCUT2D eigenvalue weighted by molar-refractivity contribution is 7.99. The first-order chi connectivity index (χ1) is 8.24. The maximum absolute atomic E-state index is 3.72. The van der Waals surface area contributed by atoms with E-state index < -0.39 is 0 Å². The van der Waals surface area contributed by atoms with Gasteiger partial charge in [0.15, 0.2) is 0 Å². The third-order valence-corrected chi connectivity index (χ3v) is 4.62. The molecule has 100 valence electrons. The van der Waals surface area contributed by atoms with E-state index in [1.807, 2.05) is 0 Å². The first-order valence-electron chi connectivity index (χ1n) is 7.24. The van der Waals surface area contributed by atoms with Crippen LogP contribution in [0.1, 0.15) is 52.9 Å². The Labute approximate surface area is 112 Å². The van der Waals surface area contributed by atoms with Crippen molar-refractivity contribution in [3.63, 3.8) is 0 Å². The van der Waals surface area contributed by atoms with Crippen LogP contribution in [0.5, 0.6) is 0 Å². The van der Waals surface area contributed by atoms with Crippen LogP contribution in [-0.2, 0) is 0 Å². The molecule has 1 aliphatic carbocycles. The fourth-order valence-electron chi connectivity index (χ4n) is 2.22. The molecule has 1 atom stereocenters. The van der Waals surface area contributed by atoms with Crippen LogP contribution >= 0.6 is 11.8 Å². The highest BCUT2D eigenvalue weighted by Crippen LogP contribution is 2.23. The summed E-state index contributed by atoms with van der Waals surface area (Å²) in [6, 6.07) is 0.638. The zero-order valence-electron chi connectivity index (χ0n) is 11.8. The van der Waals surface area contributed by atoms with E-state index in [-0.39, 0.29) is 0 Å². The summed E-state index contributed by atoms with van der Waals surface area (Å²) in [4.78, 5) is 0. The quantitative estimate of drug-likeness (QED) is 0.651. The summed E-state index contributed by atoms with van der Waals surface area (Å²) >= 11 is 2.11. The Balaban J connectivity index is 2.38. The molecule has 1 nitrogen and oxygen atoms in total. The van der Waals surface area contributed by atoms with Crippen molar-refractivity contribution >= 4 is 11.8 Å². The van der Waals surface area contributed by atoms with Gasteiger partial charge < -0.3 is 5.32 Å². The van der Waals surface area contributed by atoms with Crippen LogP contribution in [0.15, 0.2) is 11.6 Å². The molecule has 1 aliphatic rings. The zero-order chi connectivity index (χ0) is 12.5. The van der Waals surface area contributed by atoms with E-state index in [0.717, 1.165) is 12.5 Å². The van der Waals surface area contributed by atoms with Gasteiger partial charge in [-0.15, -0.1) is 0 Å².